The highest BCUT2D eigenvalue weighted by molar-refractivity contribution is 7.80. The molecule has 2 N–H and O–H groups in total. The van der Waals surface area contributed by atoms with Crippen LogP contribution in [0.1, 0.15) is 51.4 Å². The number of benzene rings is 2. The van der Waals surface area contributed by atoms with Crippen molar-refractivity contribution in [3.05, 3.63) is 106 Å². The second-order valence-corrected chi connectivity index (χ2v) is 10.8. The lowest BCUT2D eigenvalue weighted by Gasteiger charge is -2.28. The molecule has 1 aliphatic rings. The van der Waals surface area contributed by atoms with Crippen LogP contribution in [0, 0.1) is 34.6 Å². The van der Waals surface area contributed by atoms with Crippen molar-refractivity contribution in [2.75, 3.05) is 23.9 Å². The molecule has 7 nitrogen and oxygen atoms in total. The Labute approximate surface area is 241 Å². The van der Waals surface area contributed by atoms with Crippen LogP contribution in [0.2, 0.25) is 0 Å². The normalized spacial score (nSPS) is 16.8. The van der Waals surface area contributed by atoms with Gasteiger partial charge < -0.3 is 24.8 Å². The van der Waals surface area contributed by atoms with Crippen LogP contribution in [-0.2, 0) is 9.53 Å². The van der Waals surface area contributed by atoms with Gasteiger partial charge in [0.2, 0.25) is 5.91 Å². The van der Waals surface area contributed by atoms with Crippen molar-refractivity contribution in [3.63, 3.8) is 0 Å². The molecule has 2 aromatic carbocycles. The van der Waals surface area contributed by atoms with Gasteiger partial charge in [-0.15, -0.1) is 0 Å². The number of nitrogens with zero attached hydrogens (tertiary/aromatic N) is 3. The molecule has 1 aliphatic heterocycles. The molecule has 4 aromatic rings. The smallest absolute Gasteiger partial charge is 0.250 e. The summed E-state index contributed by atoms with van der Waals surface area (Å²) in [5.41, 5.74) is 11.0. The maximum absolute atomic E-state index is 12.0. The predicted octanol–water partition coefficient (Wildman–Crippen LogP) is 6.18. The zero-order chi connectivity index (χ0) is 28.6. The third-order valence-corrected chi connectivity index (χ3v) is 7.77. The highest BCUT2D eigenvalue weighted by Crippen LogP contribution is 2.44. The van der Waals surface area contributed by atoms with Gasteiger partial charge in [0.05, 0.1) is 23.5 Å². The lowest BCUT2D eigenvalue weighted by atomic mass is 9.96. The molecule has 0 aliphatic carbocycles. The first-order valence-corrected chi connectivity index (χ1v) is 13.8. The average Bonchev–Trinajstić information content (AvgIpc) is 3.40. The van der Waals surface area contributed by atoms with Crippen LogP contribution in [0.4, 0.5) is 11.4 Å². The fraction of sp³-hybridized carbons (Fsp3) is 0.281. The molecule has 40 heavy (non-hydrogen) atoms. The van der Waals surface area contributed by atoms with Gasteiger partial charge in [-0.1, -0.05) is 23.8 Å². The van der Waals surface area contributed by atoms with Crippen molar-refractivity contribution in [2.45, 2.75) is 46.7 Å². The lowest BCUT2D eigenvalue weighted by molar-refractivity contribution is -0.119. The van der Waals surface area contributed by atoms with E-state index in [0.29, 0.717) is 10.8 Å². The monoisotopic (exact) mass is 553 g/mol. The number of anilines is 2. The van der Waals surface area contributed by atoms with E-state index in [9.17, 15) is 4.79 Å². The number of aryl methyl sites for hydroxylation is 4. The van der Waals surface area contributed by atoms with Gasteiger partial charge >= 0.3 is 0 Å². The fourth-order valence-electron chi connectivity index (χ4n) is 5.94. The maximum Gasteiger partial charge on any atom is 0.250 e. The van der Waals surface area contributed by atoms with Crippen molar-refractivity contribution in [3.8, 4) is 5.69 Å². The molecule has 1 amide bonds. The van der Waals surface area contributed by atoms with Gasteiger partial charge in [-0.2, -0.15) is 0 Å². The summed E-state index contributed by atoms with van der Waals surface area (Å²) in [6.07, 6.45) is 1.82. The fourth-order valence-corrected chi connectivity index (χ4v) is 6.28. The third kappa shape index (κ3) is 5.12. The first-order valence-electron chi connectivity index (χ1n) is 13.4. The van der Waals surface area contributed by atoms with Gasteiger partial charge in [-0.05, 0) is 106 Å². The molecular weight excluding hydrogens is 518 g/mol. The topological polar surface area (TPSA) is 71.4 Å². The van der Waals surface area contributed by atoms with Crippen molar-refractivity contribution in [2.24, 2.45) is 0 Å². The van der Waals surface area contributed by atoms with E-state index < -0.39 is 0 Å². The van der Waals surface area contributed by atoms with E-state index in [-0.39, 0.29) is 24.6 Å². The predicted molar refractivity (Wildman–Crippen MR) is 164 cm³/mol. The lowest BCUT2D eigenvalue weighted by Crippen LogP contribution is -2.29. The van der Waals surface area contributed by atoms with Crippen molar-refractivity contribution in [1.29, 1.82) is 0 Å². The van der Waals surface area contributed by atoms with Crippen LogP contribution < -0.4 is 15.5 Å². The Bertz CT molecular complexity index is 1540. The number of carbonyl (C=O) groups excluding carboxylic acids is 1. The minimum atomic E-state index is -0.198. The Kier molecular flexibility index (Phi) is 7.74. The number of methoxy groups -OCH3 is 1. The molecule has 0 spiro atoms. The van der Waals surface area contributed by atoms with Crippen LogP contribution in [0.25, 0.3) is 5.69 Å². The van der Waals surface area contributed by atoms with Gasteiger partial charge in [-0.3, -0.25) is 9.78 Å². The summed E-state index contributed by atoms with van der Waals surface area (Å²) in [4.78, 5) is 18.9. The molecule has 3 heterocycles. The molecule has 0 unspecified atom stereocenters. The van der Waals surface area contributed by atoms with E-state index in [4.69, 9.17) is 21.9 Å². The first-order chi connectivity index (χ1) is 19.2. The zero-order valence-electron chi connectivity index (χ0n) is 23.8. The molecular formula is C32H35N5O2S. The number of hydrogen-bond acceptors (Lipinski definition) is 4. The number of nitrogens with one attached hydrogen (secondary N) is 2. The van der Waals surface area contributed by atoms with Crippen LogP contribution in [0.15, 0.2) is 66.9 Å². The number of rotatable bonds is 7. The van der Waals surface area contributed by atoms with Crippen LogP contribution in [0.3, 0.4) is 0 Å². The van der Waals surface area contributed by atoms with Gasteiger partial charge in [0.1, 0.15) is 6.61 Å². The average molecular weight is 554 g/mol. The second kappa shape index (κ2) is 11.2. The summed E-state index contributed by atoms with van der Waals surface area (Å²) in [7, 11) is 1.50. The molecule has 206 valence electrons. The van der Waals surface area contributed by atoms with E-state index in [1.807, 2.05) is 48.7 Å². The molecule has 0 bridgehead atoms. The number of ether oxygens (including phenoxy) is 1. The summed E-state index contributed by atoms with van der Waals surface area (Å²) >= 11 is 5.94. The number of amides is 1. The second-order valence-electron chi connectivity index (χ2n) is 10.4. The van der Waals surface area contributed by atoms with E-state index in [2.05, 4.69) is 72.9 Å². The largest absolute Gasteiger partial charge is 0.375 e. The molecule has 5 rings (SSSR count). The Hall–Kier alpha value is -4.01. The van der Waals surface area contributed by atoms with E-state index in [1.165, 1.54) is 40.7 Å². The Morgan fingerprint density at radius 1 is 1.02 bits per heavy atom. The van der Waals surface area contributed by atoms with Crippen LogP contribution >= 0.6 is 12.2 Å². The van der Waals surface area contributed by atoms with Crippen LogP contribution in [0.5, 0.6) is 0 Å². The highest BCUT2D eigenvalue weighted by atomic mass is 32.1. The zero-order valence-corrected chi connectivity index (χ0v) is 24.6. The quantitative estimate of drug-likeness (QED) is 0.267. The SMILES string of the molecule is COCC(=O)Nc1ccc(N2C(=S)N[C@@H](c3ccccn3)[C@H]2c2cc(C)n(-c3c(C)cc(C)cc3C)c2C)cc1. The Balaban J connectivity index is 1.61. The summed E-state index contributed by atoms with van der Waals surface area (Å²) in [6, 6.07) is 20.2. The number of hydrogen-bond donors (Lipinski definition) is 2. The molecule has 1 saturated heterocycles. The molecule has 0 saturated carbocycles. The Morgan fingerprint density at radius 2 is 1.73 bits per heavy atom. The summed E-state index contributed by atoms with van der Waals surface area (Å²) in [5, 5.41) is 7.04. The number of aromatic nitrogens is 2. The summed E-state index contributed by atoms with van der Waals surface area (Å²) < 4.78 is 7.30. The van der Waals surface area contributed by atoms with E-state index in [1.54, 1.807) is 0 Å². The van der Waals surface area contributed by atoms with Crippen LogP contribution in [-0.4, -0.2) is 34.3 Å². The first kappa shape index (κ1) is 27.6. The van der Waals surface area contributed by atoms with Crippen molar-refractivity contribution >= 4 is 34.6 Å². The van der Waals surface area contributed by atoms with Gasteiger partial charge in [0, 0.05) is 36.1 Å². The highest BCUT2D eigenvalue weighted by Gasteiger charge is 2.42. The molecule has 2 aromatic heterocycles. The minimum absolute atomic E-state index is 0.00522. The standard InChI is InChI=1S/C32H35N5O2S/c1-19-15-20(2)30(21(3)16-19)36-22(4)17-26(23(36)5)31-29(27-9-7-8-14-33-27)35-32(40)37(31)25-12-10-24(11-13-25)34-28(38)18-39-6/h7-17,29,31H,18H2,1-6H3,(H,34,38)(H,35,40)/t29-,31+/m0/s1. The van der Waals surface area contributed by atoms with E-state index in [0.717, 1.165) is 17.1 Å². The third-order valence-electron chi connectivity index (χ3n) is 7.45. The molecule has 1 fully saturated rings. The summed E-state index contributed by atoms with van der Waals surface area (Å²) in [6.45, 7) is 10.8. The van der Waals surface area contributed by atoms with Gasteiger partial charge in [-0.25, -0.2) is 0 Å². The molecule has 2 atom stereocenters. The Morgan fingerprint density at radius 3 is 2.35 bits per heavy atom. The minimum Gasteiger partial charge on any atom is -0.375 e. The number of pyridine rings is 1. The maximum atomic E-state index is 12.0. The van der Waals surface area contributed by atoms with Gasteiger partial charge in [0.25, 0.3) is 0 Å². The molecule has 8 heteroatoms. The summed E-state index contributed by atoms with van der Waals surface area (Å²) in [5.74, 6) is -0.198. The van der Waals surface area contributed by atoms with Crippen molar-refractivity contribution in [1.82, 2.24) is 14.9 Å². The number of carbonyl (C=O) groups is 1. The number of thiocarbonyl (C=S) groups is 1. The van der Waals surface area contributed by atoms with E-state index >= 15 is 0 Å². The molecule has 0 radical (unpaired) electrons. The van der Waals surface area contributed by atoms with Crippen molar-refractivity contribution < 1.29 is 9.53 Å². The van der Waals surface area contributed by atoms with Gasteiger partial charge in [0.15, 0.2) is 5.11 Å².